The van der Waals surface area contributed by atoms with Crippen LogP contribution in [0, 0.1) is 19.8 Å². The Kier molecular flexibility index (Phi) is 1.57. The number of fused-ring (bicyclic) bond motifs is 1. The van der Waals surface area contributed by atoms with Gasteiger partial charge in [-0.15, -0.1) is 11.3 Å². The SMILES string of the molecule is Cc1sc2c(c1C)CC(C)C2. The summed E-state index contributed by atoms with van der Waals surface area (Å²) >= 11 is 2.01. The molecule has 1 aliphatic rings. The summed E-state index contributed by atoms with van der Waals surface area (Å²) < 4.78 is 0. The van der Waals surface area contributed by atoms with E-state index in [-0.39, 0.29) is 0 Å². The van der Waals surface area contributed by atoms with Gasteiger partial charge in [0.2, 0.25) is 0 Å². The molecule has 0 bridgehead atoms. The highest BCUT2D eigenvalue weighted by molar-refractivity contribution is 7.12. The van der Waals surface area contributed by atoms with E-state index in [1.54, 1.807) is 16.0 Å². The molecule has 1 aliphatic carbocycles. The number of rotatable bonds is 0. The lowest BCUT2D eigenvalue weighted by Crippen LogP contribution is -1.91. The van der Waals surface area contributed by atoms with Crippen LogP contribution in [0.1, 0.15) is 27.8 Å². The van der Waals surface area contributed by atoms with Crippen LogP contribution in [-0.4, -0.2) is 0 Å². The first-order valence-electron chi connectivity index (χ1n) is 4.26. The molecule has 60 valence electrons. The van der Waals surface area contributed by atoms with Gasteiger partial charge in [0.05, 0.1) is 0 Å². The summed E-state index contributed by atoms with van der Waals surface area (Å²) in [6.45, 7) is 6.85. The molecule has 0 spiro atoms. The summed E-state index contributed by atoms with van der Waals surface area (Å²) in [7, 11) is 0. The molecule has 0 aliphatic heterocycles. The summed E-state index contributed by atoms with van der Waals surface area (Å²) in [5, 5.41) is 0. The maximum Gasteiger partial charge on any atom is 0.00856 e. The Balaban J connectivity index is 2.48. The minimum atomic E-state index is 0.899. The van der Waals surface area contributed by atoms with Gasteiger partial charge in [-0.1, -0.05) is 6.92 Å². The van der Waals surface area contributed by atoms with Gasteiger partial charge in [-0.25, -0.2) is 0 Å². The largest absolute Gasteiger partial charge is 0.145 e. The number of thiophene rings is 1. The molecule has 1 aromatic heterocycles. The van der Waals surface area contributed by atoms with E-state index in [4.69, 9.17) is 0 Å². The van der Waals surface area contributed by atoms with Crippen molar-refractivity contribution in [3.8, 4) is 0 Å². The molecular formula is C10H14S. The smallest absolute Gasteiger partial charge is 0.00856 e. The second-order valence-corrected chi connectivity index (χ2v) is 5.01. The highest BCUT2D eigenvalue weighted by atomic mass is 32.1. The van der Waals surface area contributed by atoms with Crippen molar-refractivity contribution in [1.82, 2.24) is 0 Å². The molecule has 0 saturated heterocycles. The lowest BCUT2D eigenvalue weighted by Gasteiger charge is -1.98. The minimum Gasteiger partial charge on any atom is -0.145 e. The van der Waals surface area contributed by atoms with Crippen LogP contribution in [0.3, 0.4) is 0 Å². The van der Waals surface area contributed by atoms with Crippen LogP contribution < -0.4 is 0 Å². The summed E-state index contributed by atoms with van der Waals surface area (Å²) in [4.78, 5) is 3.19. The molecular weight excluding hydrogens is 152 g/mol. The van der Waals surface area contributed by atoms with Gasteiger partial charge in [-0.2, -0.15) is 0 Å². The van der Waals surface area contributed by atoms with Gasteiger partial charge in [-0.3, -0.25) is 0 Å². The summed E-state index contributed by atoms with van der Waals surface area (Å²) in [5.41, 5.74) is 3.23. The van der Waals surface area contributed by atoms with Crippen molar-refractivity contribution >= 4 is 11.3 Å². The van der Waals surface area contributed by atoms with E-state index < -0.39 is 0 Å². The van der Waals surface area contributed by atoms with Crippen molar-refractivity contribution in [1.29, 1.82) is 0 Å². The molecule has 1 aromatic rings. The van der Waals surface area contributed by atoms with E-state index in [1.165, 1.54) is 17.7 Å². The van der Waals surface area contributed by atoms with E-state index in [1.807, 2.05) is 11.3 Å². The van der Waals surface area contributed by atoms with E-state index in [0.29, 0.717) is 0 Å². The molecule has 2 rings (SSSR count). The van der Waals surface area contributed by atoms with Crippen LogP contribution in [0.4, 0.5) is 0 Å². The molecule has 0 aromatic carbocycles. The second-order valence-electron chi connectivity index (χ2n) is 3.70. The van der Waals surface area contributed by atoms with E-state index in [0.717, 1.165) is 5.92 Å². The molecule has 0 fully saturated rings. The molecule has 0 amide bonds. The third kappa shape index (κ3) is 1.02. The summed E-state index contributed by atoms with van der Waals surface area (Å²) in [6.07, 6.45) is 2.65. The zero-order chi connectivity index (χ0) is 8.01. The Hall–Kier alpha value is -0.300. The fraction of sp³-hybridized carbons (Fsp3) is 0.600. The van der Waals surface area contributed by atoms with Crippen LogP contribution in [-0.2, 0) is 12.8 Å². The molecule has 1 atom stereocenters. The van der Waals surface area contributed by atoms with Crippen LogP contribution >= 0.6 is 11.3 Å². The molecule has 1 heteroatoms. The Morgan fingerprint density at radius 3 is 2.64 bits per heavy atom. The van der Waals surface area contributed by atoms with E-state index >= 15 is 0 Å². The van der Waals surface area contributed by atoms with Crippen molar-refractivity contribution in [2.45, 2.75) is 33.6 Å². The lowest BCUT2D eigenvalue weighted by molar-refractivity contribution is 0.628. The number of aryl methyl sites for hydroxylation is 1. The molecule has 1 heterocycles. The predicted octanol–water partition coefficient (Wildman–Crippen LogP) is 3.10. The second kappa shape index (κ2) is 2.34. The average molecular weight is 166 g/mol. The van der Waals surface area contributed by atoms with Crippen LogP contribution in [0.25, 0.3) is 0 Å². The Morgan fingerprint density at radius 2 is 2.00 bits per heavy atom. The highest BCUT2D eigenvalue weighted by Gasteiger charge is 2.22. The zero-order valence-electron chi connectivity index (χ0n) is 7.40. The molecule has 0 radical (unpaired) electrons. The number of hydrogen-bond donors (Lipinski definition) is 0. The Bertz CT molecular complexity index is 283. The molecule has 0 nitrogen and oxygen atoms in total. The minimum absolute atomic E-state index is 0.899. The lowest BCUT2D eigenvalue weighted by atomic mass is 10.1. The van der Waals surface area contributed by atoms with Crippen molar-refractivity contribution in [3.63, 3.8) is 0 Å². The normalized spacial score (nSPS) is 22.3. The van der Waals surface area contributed by atoms with E-state index in [2.05, 4.69) is 20.8 Å². The number of hydrogen-bond acceptors (Lipinski definition) is 1. The Morgan fingerprint density at radius 1 is 1.27 bits per heavy atom. The van der Waals surface area contributed by atoms with Gasteiger partial charge < -0.3 is 0 Å². The van der Waals surface area contributed by atoms with Gasteiger partial charge in [0.15, 0.2) is 0 Å². The summed E-state index contributed by atoms with van der Waals surface area (Å²) in [5.74, 6) is 0.899. The topological polar surface area (TPSA) is 0 Å². The van der Waals surface area contributed by atoms with Crippen molar-refractivity contribution in [2.24, 2.45) is 5.92 Å². The monoisotopic (exact) mass is 166 g/mol. The van der Waals surface area contributed by atoms with Gasteiger partial charge in [0.25, 0.3) is 0 Å². The Labute approximate surface area is 72.3 Å². The van der Waals surface area contributed by atoms with Gasteiger partial charge in [0, 0.05) is 9.75 Å². The first-order valence-corrected chi connectivity index (χ1v) is 5.08. The van der Waals surface area contributed by atoms with Gasteiger partial charge >= 0.3 is 0 Å². The predicted molar refractivity (Wildman–Crippen MR) is 50.4 cm³/mol. The van der Waals surface area contributed by atoms with Crippen molar-refractivity contribution in [3.05, 3.63) is 20.9 Å². The molecule has 11 heavy (non-hydrogen) atoms. The fourth-order valence-corrected chi connectivity index (χ4v) is 3.29. The highest BCUT2D eigenvalue weighted by Crippen LogP contribution is 2.36. The average Bonchev–Trinajstić information content (AvgIpc) is 2.37. The quantitative estimate of drug-likeness (QED) is 0.555. The third-order valence-corrected chi connectivity index (χ3v) is 3.95. The van der Waals surface area contributed by atoms with Gasteiger partial charge in [-0.05, 0) is 43.7 Å². The molecule has 1 unspecified atom stereocenters. The maximum absolute atomic E-state index is 2.35. The third-order valence-electron chi connectivity index (χ3n) is 2.68. The van der Waals surface area contributed by atoms with Crippen LogP contribution in [0.5, 0.6) is 0 Å². The van der Waals surface area contributed by atoms with Crippen LogP contribution in [0.15, 0.2) is 0 Å². The van der Waals surface area contributed by atoms with Gasteiger partial charge in [0.1, 0.15) is 0 Å². The van der Waals surface area contributed by atoms with Crippen LogP contribution in [0.2, 0.25) is 0 Å². The first kappa shape index (κ1) is 7.35. The van der Waals surface area contributed by atoms with Crippen molar-refractivity contribution in [2.75, 3.05) is 0 Å². The molecule has 0 N–H and O–H groups in total. The van der Waals surface area contributed by atoms with Crippen molar-refractivity contribution < 1.29 is 0 Å². The maximum atomic E-state index is 2.35. The standard InChI is InChI=1S/C10H14S/c1-6-4-9-7(2)8(3)11-10(9)5-6/h6H,4-5H2,1-3H3. The summed E-state index contributed by atoms with van der Waals surface area (Å²) in [6, 6.07) is 0. The first-order chi connectivity index (χ1) is 5.18. The zero-order valence-corrected chi connectivity index (χ0v) is 8.22. The molecule has 0 saturated carbocycles. The fourth-order valence-electron chi connectivity index (χ4n) is 1.91. The van der Waals surface area contributed by atoms with E-state index in [9.17, 15) is 0 Å².